The van der Waals surface area contributed by atoms with Gasteiger partial charge in [-0.05, 0) is 55.0 Å². The number of fused-ring (bicyclic) bond motifs is 1. The minimum absolute atomic E-state index is 0.0797. The molecule has 0 aliphatic rings. The van der Waals surface area contributed by atoms with E-state index < -0.39 is 5.97 Å². The van der Waals surface area contributed by atoms with Gasteiger partial charge in [0.25, 0.3) is 0 Å². The van der Waals surface area contributed by atoms with Crippen LogP contribution in [0.4, 0.5) is 0 Å². The number of aryl methyl sites for hydroxylation is 3. The van der Waals surface area contributed by atoms with Crippen molar-refractivity contribution in [1.82, 2.24) is 9.55 Å². The van der Waals surface area contributed by atoms with Crippen LogP contribution < -0.4 is 0 Å². The minimum atomic E-state index is -0.860. The lowest BCUT2D eigenvalue weighted by Crippen LogP contribution is -2.10. The standard InChI is InChI=1S/C16H16N2O2S/c1-9-4-13-14(5-10(9)2)18(6-15(19)20)16(17-13)12-8-21-7-11(12)3/h4-5,7-8H,6H2,1-3H3,(H,19,20). The van der Waals surface area contributed by atoms with Crippen molar-refractivity contribution in [3.8, 4) is 11.4 Å². The molecule has 1 N–H and O–H groups in total. The van der Waals surface area contributed by atoms with Crippen molar-refractivity contribution >= 4 is 28.3 Å². The second kappa shape index (κ2) is 5.00. The summed E-state index contributed by atoms with van der Waals surface area (Å²) in [6.07, 6.45) is 0. The van der Waals surface area contributed by atoms with Crippen molar-refractivity contribution in [2.75, 3.05) is 0 Å². The van der Waals surface area contributed by atoms with Gasteiger partial charge < -0.3 is 9.67 Å². The van der Waals surface area contributed by atoms with Crippen molar-refractivity contribution in [2.24, 2.45) is 0 Å². The van der Waals surface area contributed by atoms with Crippen molar-refractivity contribution in [3.63, 3.8) is 0 Å². The van der Waals surface area contributed by atoms with Crippen LogP contribution in [0.15, 0.2) is 22.9 Å². The van der Waals surface area contributed by atoms with E-state index in [4.69, 9.17) is 0 Å². The quantitative estimate of drug-likeness (QED) is 0.801. The average Bonchev–Trinajstić information content (AvgIpc) is 2.95. The van der Waals surface area contributed by atoms with E-state index in [1.807, 2.05) is 38.3 Å². The van der Waals surface area contributed by atoms with Gasteiger partial charge in [0.1, 0.15) is 12.4 Å². The van der Waals surface area contributed by atoms with Gasteiger partial charge in [0.2, 0.25) is 0 Å². The summed E-state index contributed by atoms with van der Waals surface area (Å²) in [6.45, 7) is 6.01. The van der Waals surface area contributed by atoms with Gasteiger partial charge in [-0.2, -0.15) is 11.3 Å². The SMILES string of the molecule is Cc1cc2nc(-c3cscc3C)n(CC(=O)O)c2cc1C. The molecule has 4 nitrogen and oxygen atoms in total. The molecular weight excluding hydrogens is 284 g/mol. The number of benzene rings is 1. The van der Waals surface area contributed by atoms with E-state index in [1.165, 1.54) is 0 Å². The summed E-state index contributed by atoms with van der Waals surface area (Å²) in [4.78, 5) is 15.9. The number of hydrogen-bond donors (Lipinski definition) is 1. The Bertz CT molecular complexity index is 845. The maximum absolute atomic E-state index is 11.2. The van der Waals surface area contributed by atoms with Crippen LogP contribution in [0.3, 0.4) is 0 Å². The fourth-order valence-corrected chi connectivity index (χ4v) is 3.30. The molecule has 0 amide bonds. The molecule has 0 unspecified atom stereocenters. The van der Waals surface area contributed by atoms with Crippen LogP contribution in [0.1, 0.15) is 16.7 Å². The molecule has 0 aliphatic carbocycles. The predicted molar refractivity (Wildman–Crippen MR) is 84.9 cm³/mol. The summed E-state index contributed by atoms with van der Waals surface area (Å²) in [6, 6.07) is 4.04. The van der Waals surface area contributed by atoms with Crippen LogP contribution in [-0.2, 0) is 11.3 Å². The summed E-state index contributed by atoms with van der Waals surface area (Å²) >= 11 is 1.60. The van der Waals surface area contributed by atoms with Crippen molar-refractivity contribution < 1.29 is 9.90 Å². The predicted octanol–water partition coefficient (Wildman–Crippen LogP) is 3.77. The molecule has 2 heterocycles. The number of hydrogen-bond acceptors (Lipinski definition) is 3. The molecule has 0 aliphatic heterocycles. The molecule has 3 aromatic rings. The van der Waals surface area contributed by atoms with E-state index in [0.717, 1.165) is 39.1 Å². The smallest absolute Gasteiger partial charge is 0.323 e. The molecule has 21 heavy (non-hydrogen) atoms. The Morgan fingerprint density at radius 1 is 1.19 bits per heavy atom. The number of rotatable bonds is 3. The molecule has 108 valence electrons. The molecule has 2 aromatic heterocycles. The van der Waals surface area contributed by atoms with Crippen LogP contribution in [0.5, 0.6) is 0 Å². The third kappa shape index (κ3) is 2.34. The second-order valence-electron chi connectivity index (χ2n) is 5.31. The van der Waals surface area contributed by atoms with Gasteiger partial charge in [-0.3, -0.25) is 4.79 Å². The molecular formula is C16H16N2O2S. The Balaban J connectivity index is 2.33. The minimum Gasteiger partial charge on any atom is -0.480 e. The molecule has 0 fully saturated rings. The molecule has 0 radical (unpaired) electrons. The maximum atomic E-state index is 11.2. The number of carboxylic acid groups (broad SMARTS) is 1. The van der Waals surface area contributed by atoms with E-state index in [1.54, 1.807) is 15.9 Å². The van der Waals surface area contributed by atoms with Gasteiger partial charge >= 0.3 is 5.97 Å². The fraction of sp³-hybridized carbons (Fsp3) is 0.250. The molecule has 0 atom stereocenters. The lowest BCUT2D eigenvalue weighted by molar-refractivity contribution is -0.137. The lowest BCUT2D eigenvalue weighted by atomic mass is 10.1. The second-order valence-corrected chi connectivity index (χ2v) is 6.05. The fourth-order valence-electron chi connectivity index (χ4n) is 2.47. The molecule has 0 bridgehead atoms. The number of carboxylic acids is 1. The van der Waals surface area contributed by atoms with E-state index in [-0.39, 0.29) is 6.54 Å². The van der Waals surface area contributed by atoms with Crippen LogP contribution in [-0.4, -0.2) is 20.6 Å². The first-order valence-corrected chi connectivity index (χ1v) is 7.64. The maximum Gasteiger partial charge on any atom is 0.323 e. The molecule has 1 aromatic carbocycles. The highest BCUT2D eigenvalue weighted by Gasteiger charge is 2.17. The summed E-state index contributed by atoms with van der Waals surface area (Å²) in [5.74, 6) is -0.127. The van der Waals surface area contributed by atoms with Crippen LogP contribution >= 0.6 is 11.3 Å². The molecule has 5 heteroatoms. The van der Waals surface area contributed by atoms with Crippen molar-refractivity contribution in [1.29, 1.82) is 0 Å². The third-order valence-electron chi connectivity index (χ3n) is 3.75. The van der Waals surface area contributed by atoms with Gasteiger partial charge in [0, 0.05) is 10.9 Å². The van der Waals surface area contributed by atoms with Gasteiger partial charge in [-0.25, -0.2) is 4.98 Å². The van der Waals surface area contributed by atoms with Crippen LogP contribution in [0, 0.1) is 20.8 Å². The topological polar surface area (TPSA) is 55.1 Å². The zero-order chi connectivity index (χ0) is 15.1. The van der Waals surface area contributed by atoms with E-state index >= 15 is 0 Å². The monoisotopic (exact) mass is 300 g/mol. The Kier molecular flexibility index (Phi) is 3.29. The average molecular weight is 300 g/mol. The van der Waals surface area contributed by atoms with Gasteiger partial charge in [-0.15, -0.1) is 0 Å². The highest BCUT2D eigenvalue weighted by atomic mass is 32.1. The number of aliphatic carboxylic acids is 1. The highest BCUT2D eigenvalue weighted by molar-refractivity contribution is 7.08. The van der Waals surface area contributed by atoms with Gasteiger partial charge in [0.05, 0.1) is 11.0 Å². The number of imidazole rings is 1. The number of carbonyl (C=O) groups is 1. The first kappa shape index (κ1) is 13.8. The first-order chi connectivity index (χ1) is 9.97. The highest BCUT2D eigenvalue weighted by Crippen LogP contribution is 2.30. The van der Waals surface area contributed by atoms with Crippen molar-refractivity contribution in [3.05, 3.63) is 39.6 Å². The van der Waals surface area contributed by atoms with E-state index in [2.05, 4.69) is 10.4 Å². The Morgan fingerprint density at radius 2 is 1.90 bits per heavy atom. The number of aromatic nitrogens is 2. The largest absolute Gasteiger partial charge is 0.480 e. The zero-order valence-electron chi connectivity index (χ0n) is 12.2. The van der Waals surface area contributed by atoms with E-state index in [9.17, 15) is 9.90 Å². The van der Waals surface area contributed by atoms with Gasteiger partial charge in [-0.1, -0.05) is 0 Å². The summed E-state index contributed by atoms with van der Waals surface area (Å²) in [5, 5.41) is 13.3. The molecule has 0 saturated heterocycles. The molecule has 0 saturated carbocycles. The Labute approximate surface area is 126 Å². The molecule has 3 rings (SSSR count). The third-order valence-corrected chi connectivity index (χ3v) is 4.61. The van der Waals surface area contributed by atoms with Crippen molar-refractivity contribution in [2.45, 2.75) is 27.3 Å². The number of thiophene rings is 1. The zero-order valence-corrected chi connectivity index (χ0v) is 13.0. The van der Waals surface area contributed by atoms with Gasteiger partial charge in [0.15, 0.2) is 0 Å². The Hall–Kier alpha value is -2.14. The lowest BCUT2D eigenvalue weighted by Gasteiger charge is -2.07. The first-order valence-electron chi connectivity index (χ1n) is 6.70. The van der Waals surface area contributed by atoms with E-state index in [0.29, 0.717) is 0 Å². The Morgan fingerprint density at radius 3 is 2.52 bits per heavy atom. The number of nitrogens with zero attached hydrogens (tertiary/aromatic N) is 2. The summed E-state index contributed by atoms with van der Waals surface area (Å²) in [5.41, 5.74) is 6.16. The molecule has 0 spiro atoms. The normalized spacial score (nSPS) is 11.2. The van der Waals surface area contributed by atoms with Crippen LogP contribution in [0.2, 0.25) is 0 Å². The summed E-state index contributed by atoms with van der Waals surface area (Å²) in [7, 11) is 0. The van der Waals surface area contributed by atoms with Crippen LogP contribution in [0.25, 0.3) is 22.4 Å². The summed E-state index contributed by atoms with van der Waals surface area (Å²) < 4.78 is 1.79.